The number of nitrogens with one attached hydrogen (secondary N) is 1. The van der Waals surface area contributed by atoms with Crippen molar-refractivity contribution >= 4 is 0 Å². The molecule has 0 aliphatic carbocycles. The molecule has 102 valence electrons. The van der Waals surface area contributed by atoms with Gasteiger partial charge in [-0.1, -0.05) is 50.6 Å². The van der Waals surface area contributed by atoms with Crippen LogP contribution in [0.5, 0.6) is 0 Å². The highest BCUT2D eigenvalue weighted by atomic mass is 14.8. The van der Waals surface area contributed by atoms with Crippen molar-refractivity contribution in [3.63, 3.8) is 0 Å². The van der Waals surface area contributed by atoms with E-state index in [4.69, 9.17) is 0 Å². The van der Waals surface area contributed by atoms with Gasteiger partial charge in [-0.2, -0.15) is 0 Å². The second-order valence-corrected chi connectivity index (χ2v) is 6.72. The Bertz CT molecular complexity index is 349. The van der Waals surface area contributed by atoms with E-state index in [2.05, 4.69) is 64.3 Å². The minimum atomic E-state index is 0.443. The van der Waals surface area contributed by atoms with Crippen molar-refractivity contribution in [2.45, 2.75) is 47.0 Å². The molecule has 1 N–H and O–H groups in total. The van der Waals surface area contributed by atoms with Crippen LogP contribution in [0, 0.1) is 18.3 Å². The molecule has 0 aliphatic heterocycles. The summed E-state index contributed by atoms with van der Waals surface area (Å²) >= 11 is 0. The molecule has 0 aromatic heterocycles. The van der Waals surface area contributed by atoms with Crippen molar-refractivity contribution < 1.29 is 0 Å². The maximum Gasteiger partial charge on any atom is -0.00203 e. The molecule has 1 heteroatoms. The van der Waals surface area contributed by atoms with Crippen molar-refractivity contribution in [3.05, 3.63) is 35.4 Å². The lowest BCUT2D eigenvalue weighted by Crippen LogP contribution is -2.22. The highest BCUT2D eigenvalue weighted by Crippen LogP contribution is 2.25. The minimum absolute atomic E-state index is 0.443. The fraction of sp³-hybridized carbons (Fsp3) is 0.647. The standard InChI is InChI=1S/C17H29N/c1-14-7-6-8-15(11-14)12-16(13-18-5)9-10-17(2,3)4/h6-8,11,16,18H,9-10,12-13H2,1-5H3. The normalized spacial score (nSPS) is 13.6. The van der Waals surface area contributed by atoms with Gasteiger partial charge in [-0.05, 0) is 56.7 Å². The van der Waals surface area contributed by atoms with Crippen molar-refractivity contribution in [2.24, 2.45) is 11.3 Å². The topological polar surface area (TPSA) is 12.0 Å². The Morgan fingerprint density at radius 1 is 1.22 bits per heavy atom. The monoisotopic (exact) mass is 247 g/mol. The third-order valence-electron chi connectivity index (χ3n) is 3.40. The quantitative estimate of drug-likeness (QED) is 0.794. The first-order valence-corrected chi connectivity index (χ1v) is 7.11. The molecule has 1 aromatic carbocycles. The number of benzene rings is 1. The summed E-state index contributed by atoms with van der Waals surface area (Å²) in [4.78, 5) is 0. The van der Waals surface area contributed by atoms with E-state index in [0.29, 0.717) is 5.41 Å². The largest absolute Gasteiger partial charge is 0.319 e. The molecule has 0 fully saturated rings. The summed E-state index contributed by atoms with van der Waals surface area (Å²) in [5.74, 6) is 0.746. The van der Waals surface area contributed by atoms with Crippen molar-refractivity contribution in [1.82, 2.24) is 5.32 Å². The summed E-state index contributed by atoms with van der Waals surface area (Å²) in [7, 11) is 2.06. The zero-order valence-corrected chi connectivity index (χ0v) is 12.7. The van der Waals surface area contributed by atoms with Gasteiger partial charge in [0.2, 0.25) is 0 Å². The number of aryl methyl sites for hydroxylation is 1. The predicted octanol–water partition coefficient (Wildman–Crippen LogP) is 4.20. The maximum atomic E-state index is 3.34. The lowest BCUT2D eigenvalue weighted by atomic mass is 9.84. The van der Waals surface area contributed by atoms with Crippen molar-refractivity contribution in [1.29, 1.82) is 0 Å². The summed E-state index contributed by atoms with van der Waals surface area (Å²) in [5.41, 5.74) is 3.29. The Morgan fingerprint density at radius 2 is 1.94 bits per heavy atom. The van der Waals surface area contributed by atoms with Crippen LogP contribution in [0.3, 0.4) is 0 Å². The van der Waals surface area contributed by atoms with Crippen LogP contribution in [0.15, 0.2) is 24.3 Å². The second kappa shape index (κ2) is 6.94. The molecule has 1 atom stereocenters. The van der Waals surface area contributed by atoms with E-state index in [1.165, 1.54) is 30.4 Å². The average Bonchev–Trinajstić information content (AvgIpc) is 2.25. The molecular weight excluding hydrogens is 218 g/mol. The Kier molecular flexibility index (Phi) is 5.87. The van der Waals surface area contributed by atoms with Crippen LogP contribution >= 0.6 is 0 Å². The highest BCUT2D eigenvalue weighted by Gasteiger charge is 2.15. The van der Waals surface area contributed by atoms with E-state index in [0.717, 1.165) is 12.5 Å². The van der Waals surface area contributed by atoms with Gasteiger partial charge in [0.25, 0.3) is 0 Å². The molecule has 0 radical (unpaired) electrons. The number of hydrogen-bond acceptors (Lipinski definition) is 1. The molecule has 0 saturated heterocycles. The predicted molar refractivity (Wildman–Crippen MR) is 81.0 cm³/mol. The van der Waals surface area contributed by atoms with Gasteiger partial charge in [-0.15, -0.1) is 0 Å². The Labute approximate surface area is 113 Å². The summed E-state index contributed by atoms with van der Waals surface area (Å²) in [6, 6.07) is 8.92. The van der Waals surface area contributed by atoms with Crippen LogP contribution in [0.2, 0.25) is 0 Å². The van der Waals surface area contributed by atoms with Crippen LogP contribution in [0.1, 0.15) is 44.7 Å². The second-order valence-electron chi connectivity index (χ2n) is 6.72. The summed E-state index contributed by atoms with van der Waals surface area (Å²) in [6.07, 6.45) is 3.79. The van der Waals surface area contributed by atoms with Crippen LogP contribution in [-0.4, -0.2) is 13.6 Å². The fourth-order valence-electron chi connectivity index (χ4n) is 2.37. The first-order chi connectivity index (χ1) is 8.40. The summed E-state index contributed by atoms with van der Waals surface area (Å²) < 4.78 is 0. The van der Waals surface area contributed by atoms with Gasteiger partial charge in [0.05, 0.1) is 0 Å². The lowest BCUT2D eigenvalue weighted by molar-refractivity contribution is 0.316. The summed E-state index contributed by atoms with van der Waals surface area (Å²) in [5, 5.41) is 3.34. The van der Waals surface area contributed by atoms with E-state index in [9.17, 15) is 0 Å². The van der Waals surface area contributed by atoms with Gasteiger partial charge in [-0.25, -0.2) is 0 Å². The van der Waals surface area contributed by atoms with Crippen molar-refractivity contribution in [2.75, 3.05) is 13.6 Å². The summed E-state index contributed by atoms with van der Waals surface area (Å²) in [6.45, 7) is 10.3. The fourth-order valence-corrected chi connectivity index (χ4v) is 2.37. The minimum Gasteiger partial charge on any atom is -0.319 e. The van der Waals surface area contributed by atoms with Gasteiger partial charge in [0.1, 0.15) is 0 Å². The van der Waals surface area contributed by atoms with E-state index < -0.39 is 0 Å². The van der Waals surface area contributed by atoms with Gasteiger partial charge in [0, 0.05) is 0 Å². The lowest BCUT2D eigenvalue weighted by Gasteiger charge is -2.23. The van der Waals surface area contributed by atoms with Gasteiger partial charge in [0.15, 0.2) is 0 Å². The third-order valence-corrected chi connectivity index (χ3v) is 3.40. The molecule has 1 nitrogen and oxygen atoms in total. The van der Waals surface area contributed by atoms with E-state index >= 15 is 0 Å². The molecule has 0 amide bonds. The third kappa shape index (κ3) is 6.20. The first-order valence-electron chi connectivity index (χ1n) is 7.11. The van der Waals surface area contributed by atoms with E-state index in [1.807, 2.05) is 0 Å². The molecule has 0 spiro atoms. The number of rotatable bonds is 6. The zero-order chi connectivity index (χ0) is 13.6. The molecule has 1 unspecified atom stereocenters. The molecular formula is C17H29N. The van der Waals surface area contributed by atoms with Crippen LogP contribution in [0.25, 0.3) is 0 Å². The molecule has 0 bridgehead atoms. The highest BCUT2D eigenvalue weighted by molar-refractivity contribution is 5.22. The van der Waals surface area contributed by atoms with Gasteiger partial charge < -0.3 is 5.32 Å². The molecule has 1 aromatic rings. The maximum absolute atomic E-state index is 3.34. The van der Waals surface area contributed by atoms with E-state index in [1.54, 1.807) is 0 Å². The smallest absolute Gasteiger partial charge is 0.00203 e. The van der Waals surface area contributed by atoms with Crippen LogP contribution < -0.4 is 5.32 Å². The molecule has 0 aliphatic rings. The molecule has 1 rings (SSSR count). The molecule has 0 heterocycles. The Morgan fingerprint density at radius 3 is 2.50 bits per heavy atom. The van der Waals surface area contributed by atoms with Gasteiger partial charge >= 0.3 is 0 Å². The van der Waals surface area contributed by atoms with Crippen LogP contribution in [0.4, 0.5) is 0 Å². The average molecular weight is 247 g/mol. The van der Waals surface area contributed by atoms with Gasteiger partial charge in [-0.3, -0.25) is 0 Å². The molecule has 0 saturated carbocycles. The molecule has 18 heavy (non-hydrogen) atoms. The van der Waals surface area contributed by atoms with Crippen molar-refractivity contribution in [3.8, 4) is 0 Å². The van der Waals surface area contributed by atoms with E-state index in [-0.39, 0.29) is 0 Å². The van der Waals surface area contributed by atoms with Crippen LogP contribution in [-0.2, 0) is 6.42 Å². The Hall–Kier alpha value is -0.820. The zero-order valence-electron chi connectivity index (χ0n) is 12.7. The number of hydrogen-bond donors (Lipinski definition) is 1. The Balaban J connectivity index is 2.57. The first kappa shape index (κ1) is 15.2. The SMILES string of the molecule is CNCC(CCC(C)(C)C)Cc1cccc(C)c1.